The van der Waals surface area contributed by atoms with E-state index < -0.39 is 0 Å². The van der Waals surface area contributed by atoms with Crippen LogP contribution in [-0.2, 0) is 0 Å². The maximum Gasteiger partial charge on any atom is 0.175 e. The van der Waals surface area contributed by atoms with Crippen LogP contribution in [0.3, 0.4) is 0 Å². The highest BCUT2D eigenvalue weighted by molar-refractivity contribution is 8.00. The van der Waals surface area contributed by atoms with Crippen molar-refractivity contribution in [3.63, 3.8) is 0 Å². The van der Waals surface area contributed by atoms with E-state index in [4.69, 9.17) is 11.6 Å². The van der Waals surface area contributed by atoms with Gasteiger partial charge in [0.05, 0.1) is 5.25 Å². The Labute approximate surface area is 99.5 Å². The van der Waals surface area contributed by atoms with E-state index >= 15 is 0 Å². The van der Waals surface area contributed by atoms with Crippen molar-refractivity contribution in [1.82, 2.24) is 0 Å². The van der Waals surface area contributed by atoms with Crippen LogP contribution in [0.1, 0.15) is 17.3 Å². The molecule has 0 aliphatic rings. The Hall–Kier alpha value is -0.730. The molecule has 3 heteroatoms. The summed E-state index contributed by atoms with van der Waals surface area (Å²) in [6.45, 7) is 5.53. The van der Waals surface area contributed by atoms with Gasteiger partial charge in [-0.1, -0.05) is 29.8 Å². The second-order valence-electron chi connectivity index (χ2n) is 3.14. The first kappa shape index (κ1) is 12.3. The van der Waals surface area contributed by atoms with Crippen molar-refractivity contribution in [2.75, 3.05) is 5.75 Å². The molecule has 0 aliphatic heterocycles. The molecule has 0 N–H and O–H groups in total. The van der Waals surface area contributed by atoms with Gasteiger partial charge in [-0.05, 0) is 19.1 Å². The molecule has 0 radical (unpaired) electrons. The van der Waals surface area contributed by atoms with Crippen LogP contribution in [0.5, 0.6) is 0 Å². The number of carbonyl (C=O) groups excluding carboxylic acids is 1. The van der Waals surface area contributed by atoms with E-state index in [1.807, 2.05) is 6.92 Å². The van der Waals surface area contributed by atoms with Crippen molar-refractivity contribution in [2.45, 2.75) is 12.2 Å². The molecule has 0 aromatic heterocycles. The molecule has 0 saturated heterocycles. The van der Waals surface area contributed by atoms with Crippen molar-refractivity contribution in [3.05, 3.63) is 47.5 Å². The molecule has 0 fully saturated rings. The third-order valence-electron chi connectivity index (χ3n) is 1.94. The van der Waals surface area contributed by atoms with Crippen molar-refractivity contribution < 1.29 is 4.79 Å². The topological polar surface area (TPSA) is 17.1 Å². The summed E-state index contributed by atoms with van der Waals surface area (Å²) in [5.41, 5.74) is 0.673. The van der Waals surface area contributed by atoms with Crippen molar-refractivity contribution in [1.29, 1.82) is 0 Å². The highest BCUT2D eigenvalue weighted by Gasteiger charge is 2.14. The van der Waals surface area contributed by atoms with Gasteiger partial charge in [-0.25, -0.2) is 0 Å². The first-order valence-electron chi connectivity index (χ1n) is 4.67. The van der Waals surface area contributed by atoms with Crippen molar-refractivity contribution in [3.8, 4) is 0 Å². The van der Waals surface area contributed by atoms with Crippen LogP contribution in [-0.4, -0.2) is 16.8 Å². The second-order valence-corrected chi connectivity index (χ2v) is 4.95. The number of rotatable bonds is 5. The van der Waals surface area contributed by atoms with E-state index in [1.54, 1.807) is 42.1 Å². The van der Waals surface area contributed by atoms with Gasteiger partial charge in [-0.3, -0.25) is 4.79 Å². The Morgan fingerprint density at radius 3 is 3.00 bits per heavy atom. The van der Waals surface area contributed by atoms with E-state index in [9.17, 15) is 4.79 Å². The van der Waals surface area contributed by atoms with Gasteiger partial charge < -0.3 is 0 Å². The minimum absolute atomic E-state index is 0.0542. The van der Waals surface area contributed by atoms with Gasteiger partial charge in [-0.2, -0.15) is 0 Å². The molecule has 0 bridgehead atoms. The molecule has 1 nitrogen and oxygen atoms in total. The average Bonchev–Trinajstić information content (AvgIpc) is 2.24. The minimum Gasteiger partial charge on any atom is -0.293 e. The van der Waals surface area contributed by atoms with Gasteiger partial charge >= 0.3 is 0 Å². The monoisotopic (exact) mass is 240 g/mol. The summed E-state index contributed by atoms with van der Waals surface area (Å²) in [5.74, 6) is 0.900. The van der Waals surface area contributed by atoms with Gasteiger partial charge in [0.2, 0.25) is 0 Å². The van der Waals surface area contributed by atoms with Gasteiger partial charge in [0, 0.05) is 16.3 Å². The molecule has 0 saturated carbocycles. The van der Waals surface area contributed by atoms with Crippen LogP contribution in [0.25, 0.3) is 0 Å². The van der Waals surface area contributed by atoms with Gasteiger partial charge in [-0.15, -0.1) is 18.3 Å². The minimum atomic E-state index is -0.0542. The summed E-state index contributed by atoms with van der Waals surface area (Å²) in [6, 6.07) is 7.05. The van der Waals surface area contributed by atoms with E-state index in [2.05, 4.69) is 6.58 Å². The summed E-state index contributed by atoms with van der Waals surface area (Å²) in [5, 5.41) is 0.545. The number of ketones is 1. The number of Topliss-reactive ketones (excluding diaryl/α,β-unsaturated/α-hetero) is 1. The highest BCUT2D eigenvalue weighted by Crippen LogP contribution is 2.18. The average molecular weight is 241 g/mol. The fraction of sp³-hybridized carbons (Fsp3) is 0.250. The fourth-order valence-electron chi connectivity index (χ4n) is 1.16. The molecule has 0 spiro atoms. The van der Waals surface area contributed by atoms with Crippen LogP contribution in [0.2, 0.25) is 5.02 Å². The van der Waals surface area contributed by atoms with Crippen LogP contribution < -0.4 is 0 Å². The zero-order valence-corrected chi connectivity index (χ0v) is 10.1. The molecular formula is C12H13ClOS. The standard InChI is InChI=1S/C12H13ClOS/c1-3-7-15-9(2)12(14)10-5-4-6-11(13)8-10/h3-6,8-9H,1,7H2,2H3. The van der Waals surface area contributed by atoms with E-state index in [0.717, 1.165) is 5.75 Å². The van der Waals surface area contributed by atoms with E-state index in [1.165, 1.54) is 0 Å². The van der Waals surface area contributed by atoms with Crippen LogP contribution in [0.15, 0.2) is 36.9 Å². The number of carbonyl (C=O) groups is 1. The highest BCUT2D eigenvalue weighted by atomic mass is 35.5. The van der Waals surface area contributed by atoms with Crippen LogP contribution in [0, 0.1) is 0 Å². The lowest BCUT2D eigenvalue weighted by Crippen LogP contribution is -2.13. The second kappa shape index (κ2) is 5.99. The normalized spacial score (nSPS) is 12.1. The zero-order valence-electron chi connectivity index (χ0n) is 8.57. The number of halogens is 1. The molecule has 1 atom stereocenters. The molecule has 1 unspecified atom stereocenters. The Kier molecular flexibility index (Phi) is 4.92. The van der Waals surface area contributed by atoms with Crippen molar-refractivity contribution in [2.24, 2.45) is 0 Å². The molecule has 0 amide bonds. The lowest BCUT2D eigenvalue weighted by Gasteiger charge is -2.08. The number of benzene rings is 1. The molecule has 1 rings (SSSR count). The molecule has 1 aromatic rings. The first-order valence-corrected chi connectivity index (χ1v) is 6.10. The summed E-state index contributed by atoms with van der Waals surface area (Å²) < 4.78 is 0. The number of hydrogen-bond acceptors (Lipinski definition) is 2. The maximum absolute atomic E-state index is 11.9. The fourth-order valence-corrected chi connectivity index (χ4v) is 2.07. The Morgan fingerprint density at radius 1 is 1.67 bits per heavy atom. The third kappa shape index (κ3) is 3.73. The van der Waals surface area contributed by atoms with Crippen molar-refractivity contribution >= 4 is 29.1 Å². The Balaban J connectivity index is 2.71. The molecule has 0 heterocycles. The third-order valence-corrected chi connectivity index (χ3v) is 3.32. The van der Waals surface area contributed by atoms with Gasteiger partial charge in [0.25, 0.3) is 0 Å². The summed E-state index contributed by atoms with van der Waals surface area (Å²) >= 11 is 7.40. The summed E-state index contributed by atoms with van der Waals surface area (Å²) in [7, 11) is 0. The molecular weight excluding hydrogens is 228 g/mol. The van der Waals surface area contributed by atoms with Gasteiger partial charge in [0.15, 0.2) is 5.78 Å². The Morgan fingerprint density at radius 2 is 2.40 bits per heavy atom. The predicted octanol–water partition coefficient (Wildman–Crippen LogP) is 3.83. The maximum atomic E-state index is 11.9. The number of thioether (sulfide) groups is 1. The summed E-state index contributed by atoms with van der Waals surface area (Å²) in [6.07, 6.45) is 1.80. The molecule has 1 aromatic carbocycles. The largest absolute Gasteiger partial charge is 0.293 e. The molecule has 0 aliphatic carbocycles. The zero-order chi connectivity index (χ0) is 11.3. The molecule has 80 valence electrons. The Bertz CT molecular complexity index is 362. The molecule has 15 heavy (non-hydrogen) atoms. The quantitative estimate of drug-likeness (QED) is 0.575. The van der Waals surface area contributed by atoms with E-state index in [-0.39, 0.29) is 11.0 Å². The number of hydrogen-bond donors (Lipinski definition) is 0. The lowest BCUT2D eigenvalue weighted by atomic mass is 10.1. The van der Waals surface area contributed by atoms with Gasteiger partial charge in [0.1, 0.15) is 0 Å². The van der Waals surface area contributed by atoms with Crippen LogP contribution in [0.4, 0.5) is 0 Å². The SMILES string of the molecule is C=CCSC(C)C(=O)c1cccc(Cl)c1. The lowest BCUT2D eigenvalue weighted by molar-refractivity contribution is 0.0994. The first-order chi connectivity index (χ1) is 7.15. The summed E-state index contributed by atoms with van der Waals surface area (Å²) in [4.78, 5) is 11.9. The smallest absolute Gasteiger partial charge is 0.175 e. The predicted molar refractivity (Wildman–Crippen MR) is 67.9 cm³/mol. The van der Waals surface area contributed by atoms with Crippen LogP contribution >= 0.6 is 23.4 Å². The van der Waals surface area contributed by atoms with E-state index in [0.29, 0.717) is 10.6 Å².